The molecule has 2 aromatic carbocycles. The first-order valence-electron chi connectivity index (χ1n) is 11.6. The molecule has 3 N–H and O–H groups in total. The summed E-state index contributed by atoms with van der Waals surface area (Å²) in [6.45, 7) is -0.0733. The number of aromatic nitrogens is 2. The highest BCUT2D eigenvalue weighted by Crippen LogP contribution is 2.44. The second-order valence-corrected chi connectivity index (χ2v) is 8.99. The number of hydrogen-bond acceptors (Lipinski definition) is 5. The molecule has 1 saturated carbocycles. The lowest BCUT2D eigenvalue weighted by molar-refractivity contribution is -0.137. The Bertz CT molecular complexity index is 1220. The summed E-state index contributed by atoms with van der Waals surface area (Å²) in [5, 5.41) is 18.3. The third kappa shape index (κ3) is 5.18. The number of rotatable bonds is 9. The highest BCUT2D eigenvalue weighted by molar-refractivity contribution is 5.91. The van der Waals surface area contributed by atoms with E-state index in [1.807, 2.05) is 24.3 Å². The zero-order valence-electron chi connectivity index (χ0n) is 19.0. The van der Waals surface area contributed by atoms with Crippen LogP contribution in [0.25, 0.3) is 11.1 Å². The molecule has 2 amide bonds. The fourth-order valence-corrected chi connectivity index (χ4v) is 4.69. The molecule has 9 nitrogen and oxygen atoms in total. The van der Waals surface area contributed by atoms with Gasteiger partial charge in [0.05, 0.1) is 11.9 Å². The van der Waals surface area contributed by atoms with Crippen molar-refractivity contribution in [2.45, 2.75) is 37.8 Å². The molecule has 0 radical (unpaired) electrons. The predicted molar refractivity (Wildman–Crippen MR) is 128 cm³/mol. The molecule has 3 aromatic rings. The van der Waals surface area contributed by atoms with E-state index in [2.05, 4.69) is 40.0 Å². The van der Waals surface area contributed by atoms with Crippen molar-refractivity contribution >= 4 is 23.7 Å². The molecule has 9 heteroatoms. The largest absolute Gasteiger partial charge is 0.480 e. The molecule has 0 bridgehead atoms. The van der Waals surface area contributed by atoms with Gasteiger partial charge in [-0.2, -0.15) is 5.10 Å². The second-order valence-electron chi connectivity index (χ2n) is 8.99. The van der Waals surface area contributed by atoms with Crippen LogP contribution in [-0.2, 0) is 20.9 Å². The molecule has 0 aliphatic heterocycles. The van der Waals surface area contributed by atoms with Gasteiger partial charge in [-0.3, -0.25) is 14.3 Å². The van der Waals surface area contributed by atoms with Crippen molar-refractivity contribution in [2.75, 3.05) is 11.9 Å². The molecule has 35 heavy (non-hydrogen) atoms. The van der Waals surface area contributed by atoms with Gasteiger partial charge in [0.15, 0.2) is 0 Å². The van der Waals surface area contributed by atoms with Crippen LogP contribution in [0.15, 0.2) is 60.9 Å². The molecule has 1 aromatic heterocycles. The number of benzene rings is 2. The van der Waals surface area contributed by atoms with Gasteiger partial charge >= 0.3 is 12.1 Å². The molecule has 180 valence electrons. The highest BCUT2D eigenvalue weighted by atomic mass is 16.5. The van der Waals surface area contributed by atoms with Gasteiger partial charge < -0.3 is 20.5 Å². The molecule has 1 unspecified atom stereocenters. The van der Waals surface area contributed by atoms with Crippen LogP contribution in [0.5, 0.6) is 0 Å². The van der Waals surface area contributed by atoms with Crippen LogP contribution in [-0.4, -0.2) is 45.5 Å². The molecular formula is C26H26N4O5. The van der Waals surface area contributed by atoms with E-state index in [1.165, 1.54) is 17.1 Å². The average Bonchev–Trinajstić information content (AvgIpc) is 3.52. The van der Waals surface area contributed by atoms with Crippen molar-refractivity contribution in [1.29, 1.82) is 0 Å². The fraction of sp³-hybridized carbons (Fsp3) is 0.308. The van der Waals surface area contributed by atoms with Gasteiger partial charge in [-0.15, -0.1) is 0 Å². The summed E-state index contributed by atoms with van der Waals surface area (Å²) >= 11 is 0. The lowest BCUT2D eigenvalue weighted by Crippen LogP contribution is -2.39. The first kappa shape index (κ1) is 22.6. The summed E-state index contributed by atoms with van der Waals surface area (Å²) in [6, 6.07) is 16.0. The zero-order chi connectivity index (χ0) is 24.4. The van der Waals surface area contributed by atoms with Crippen molar-refractivity contribution in [1.82, 2.24) is 15.1 Å². The van der Waals surface area contributed by atoms with Crippen LogP contribution in [0, 0.1) is 5.92 Å². The Kier molecular flexibility index (Phi) is 6.22. The number of anilines is 1. The van der Waals surface area contributed by atoms with Crippen LogP contribution >= 0.6 is 0 Å². The molecule has 5 rings (SSSR count). The van der Waals surface area contributed by atoms with Gasteiger partial charge in [0.2, 0.25) is 5.91 Å². The van der Waals surface area contributed by atoms with Crippen molar-refractivity contribution in [3.8, 4) is 11.1 Å². The molecular weight excluding hydrogens is 448 g/mol. The maximum absolute atomic E-state index is 12.7. The minimum absolute atomic E-state index is 0.0295. The Morgan fingerprint density at radius 3 is 2.34 bits per heavy atom. The van der Waals surface area contributed by atoms with Gasteiger partial charge in [-0.25, -0.2) is 4.79 Å². The number of nitrogens with one attached hydrogen (secondary N) is 2. The Balaban J connectivity index is 1.17. The monoisotopic (exact) mass is 474 g/mol. The van der Waals surface area contributed by atoms with Gasteiger partial charge in [0.25, 0.3) is 0 Å². The minimum Gasteiger partial charge on any atom is -0.480 e. The third-order valence-corrected chi connectivity index (χ3v) is 6.46. The standard InChI is InChI=1S/C26H26N4O5/c31-24(28-17-12-27-30(13-17)14-25(32)33)11-23(16-9-10-16)29-26(34)35-15-22-20-7-3-1-5-18(20)19-6-2-4-8-21(19)22/h1-8,12-13,16,22-23H,9-11,14-15H2,(H,28,31)(H,29,34)(H,32,33). The maximum atomic E-state index is 12.7. The number of ether oxygens (including phenoxy) is 1. The summed E-state index contributed by atoms with van der Waals surface area (Å²) in [5.41, 5.74) is 5.02. The number of carboxylic acid groups (broad SMARTS) is 1. The number of carbonyl (C=O) groups excluding carboxylic acids is 2. The SMILES string of the molecule is O=C(O)Cn1cc(NC(=O)CC(NC(=O)OCC2c3ccccc3-c3ccccc32)C2CC2)cn1. The molecule has 0 spiro atoms. The molecule has 2 aliphatic rings. The molecule has 0 saturated heterocycles. The molecule has 1 heterocycles. The number of carboxylic acids is 1. The Hall–Kier alpha value is -4.14. The smallest absolute Gasteiger partial charge is 0.407 e. The topological polar surface area (TPSA) is 123 Å². The Labute approximate surface area is 202 Å². The van der Waals surface area contributed by atoms with Gasteiger partial charge in [0.1, 0.15) is 13.2 Å². The maximum Gasteiger partial charge on any atom is 0.407 e. The third-order valence-electron chi connectivity index (χ3n) is 6.46. The quantitative estimate of drug-likeness (QED) is 0.435. The van der Waals surface area contributed by atoms with Crippen molar-refractivity contribution < 1.29 is 24.2 Å². The van der Waals surface area contributed by atoms with E-state index in [4.69, 9.17) is 9.84 Å². The van der Waals surface area contributed by atoms with E-state index in [-0.39, 0.29) is 43.4 Å². The summed E-state index contributed by atoms with van der Waals surface area (Å²) in [6.07, 6.45) is 4.30. The lowest BCUT2D eigenvalue weighted by atomic mass is 9.98. The van der Waals surface area contributed by atoms with Crippen LogP contribution < -0.4 is 10.6 Å². The number of alkyl carbamates (subject to hydrolysis) is 1. The Morgan fingerprint density at radius 1 is 1.06 bits per heavy atom. The Morgan fingerprint density at radius 2 is 1.71 bits per heavy atom. The van der Waals surface area contributed by atoms with E-state index >= 15 is 0 Å². The fourth-order valence-electron chi connectivity index (χ4n) is 4.69. The van der Waals surface area contributed by atoms with Crippen LogP contribution in [0.4, 0.5) is 10.5 Å². The normalized spacial score (nSPS) is 15.1. The van der Waals surface area contributed by atoms with E-state index < -0.39 is 12.1 Å². The van der Waals surface area contributed by atoms with Crippen LogP contribution in [0.1, 0.15) is 36.3 Å². The number of carbonyl (C=O) groups is 3. The van der Waals surface area contributed by atoms with Crippen molar-refractivity contribution in [3.05, 3.63) is 72.1 Å². The average molecular weight is 475 g/mol. The summed E-state index contributed by atoms with van der Waals surface area (Å²) in [5.74, 6) is -1.10. The zero-order valence-corrected chi connectivity index (χ0v) is 19.0. The van der Waals surface area contributed by atoms with E-state index in [0.29, 0.717) is 5.69 Å². The lowest BCUT2D eigenvalue weighted by Gasteiger charge is -2.19. The van der Waals surface area contributed by atoms with E-state index in [0.717, 1.165) is 35.1 Å². The summed E-state index contributed by atoms with van der Waals surface area (Å²) in [7, 11) is 0. The van der Waals surface area contributed by atoms with E-state index in [9.17, 15) is 14.4 Å². The van der Waals surface area contributed by atoms with E-state index in [1.54, 1.807) is 0 Å². The first-order chi connectivity index (χ1) is 17.0. The summed E-state index contributed by atoms with van der Waals surface area (Å²) in [4.78, 5) is 36.0. The molecule has 1 atom stereocenters. The second kappa shape index (κ2) is 9.61. The van der Waals surface area contributed by atoms with Gasteiger partial charge in [-0.1, -0.05) is 48.5 Å². The summed E-state index contributed by atoms with van der Waals surface area (Å²) < 4.78 is 6.86. The van der Waals surface area contributed by atoms with Gasteiger partial charge in [0, 0.05) is 24.6 Å². The number of amides is 2. The number of hydrogen-bond donors (Lipinski definition) is 3. The number of nitrogens with zero attached hydrogens (tertiary/aromatic N) is 2. The van der Waals surface area contributed by atoms with Crippen molar-refractivity contribution in [2.24, 2.45) is 5.92 Å². The van der Waals surface area contributed by atoms with Crippen molar-refractivity contribution in [3.63, 3.8) is 0 Å². The first-order valence-corrected chi connectivity index (χ1v) is 11.6. The highest BCUT2D eigenvalue weighted by Gasteiger charge is 2.35. The van der Waals surface area contributed by atoms with Gasteiger partial charge in [-0.05, 0) is 41.0 Å². The van der Waals surface area contributed by atoms with Crippen LogP contribution in [0.2, 0.25) is 0 Å². The number of aliphatic carboxylic acids is 1. The van der Waals surface area contributed by atoms with Crippen LogP contribution in [0.3, 0.4) is 0 Å². The molecule has 1 fully saturated rings. The predicted octanol–water partition coefficient (Wildman–Crippen LogP) is 3.61. The number of fused-ring (bicyclic) bond motifs is 3. The molecule has 2 aliphatic carbocycles. The minimum atomic E-state index is -1.02.